The summed E-state index contributed by atoms with van der Waals surface area (Å²) in [5.41, 5.74) is 0.973. The average molecular weight is 461 g/mol. The maximum Gasteiger partial charge on any atom is 0.271 e. The third-order valence-corrected chi connectivity index (χ3v) is 7.12. The normalized spacial score (nSPS) is 11.0. The van der Waals surface area contributed by atoms with Gasteiger partial charge in [-0.15, -0.1) is 11.3 Å². The predicted molar refractivity (Wildman–Crippen MR) is 123 cm³/mol. The van der Waals surface area contributed by atoms with Gasteiger partial charge in [0.2, 0.25) is 0 Å². The van der Waals surface area contributed by atoms with E-state index < -0.39 is 15.9 Å². The van der Waals surface area contributed by atoms with Crippen LogP contribution in [-0.4, -0.2) is 28.0 Å². The number of para-hydroxylation sites is 2. The minimum absolute atomic E-state index is 0.192. The van der Waals surface area contributed by atoms with Crippen LogP contribution < -0.4 is 19.5 Å². The molecule has 0 aliphatic heterocycles. The van der Waals surface area contributed by atoms with Gasteiger partial charge < -0.3 is 14.8 Å². The third kappa shape index (κ3) is 5.77. The number of sulfonamides is 1. The van der Waals surface area contributed by atoms with E-state index in [4.69, 9.17) is 9.47 Å². The van der Waals surface area contributed by atoms with Gasteiger partial charge in [-0.05, 0) is 48.2 Å². The van der Waals surface area contributed by atoms with Crippen LogP contribution in [0.25, 0.3) is 0 Å². The van der Waals surface area contributed by atoms with Crippen LogP contribution in [0.15, 0.2) is 64.2 Å². The van der Waals surface area contributed by atoms with E-state index in [1.165, 1.54) is 13.2 Å². The zero-order chi connectivity index (χ0) is 22.3. The fourth-order valence-corrected chi connectivity index (χ4v) is 4.81. The zero-order valence-electron chi connectivity index (χ0n) is 17.3. The molecule has 3 rings (SSSR count). The highest BCUT2D eigenvalue weighted by molar-refractivity contribution is 7.94. The second kappa shape index (κ2) is 10.3. The van der Waals surface area contributed by atoms with E-state index in [1.54, 1.807) is 53.9 Å². The third-order valence-electron chi connectivity index (χ3n) is 4.36. The summed E-state index contributed by atoms with van der Waals surface area (Å²) in [6.07, 6.45) is 1.93. The second-order valence-corrected chi connectivity index (χ2v) is 9.46. The molecular weight excluding hydrogens is 436 g/mol. The van der Waals surface area contributed by atoms with E-state index in [1.807, 2.05) is 0 Å². The predicted octanol–water partition coefficient (Wildman–Crippen LogP) is 4.99. The Bertz CT molecular complexity index is 1130. The summed E-state index contributed by atoms with van der Waals surface area (Å²) < 4.78 is 38.9. The van der Waals surface area contributed by atoms with Crippen LogP contribution in [0, 0.1) is 0 Å². The van der Waals surface area contributed by atoms with Gasteiger partial charge in [-0.25, -0.2) is 8.42 Å². The fraction of sp³-hybridized carbons (Fsp3) is 0.227. The number of ether oxygens (including phenoxy) is 2. The van der Waals surface area contributed by atoms with E-state index in [-0.39, 0.29) is 9.90 Å². The van der Waals surface area contributed by atoms with Gasteiger partial charge >= 0.3 is 0 Å². The molecule has 164 valence electrons. The summed E-state index contributed by atoms with van der Waals surface area (Å²) in [7, 11) is -2.23. The molecule has 7 nitrogen and oxygen atoms in total. The highest BCUT2D eigenvalue weighted by Crippen LogP contribution is 2.30. The molecule has 0 spiro atoms. The number of hydrogen-bond acceptors (Lipinski definition) is 6. The first-order valence-electron chi connectivity index (χ1n) is 9.72. The van der Waals surface area contributed by atoms with Gasteiger partial charge in [-0.3, -0.25) is 9.52 Å². The van der Waals surface area contributed by atoms with E-state index in [2.05, 4.69) is 17.0 Å². The number of nitrogens with one attached hydrogen (secondary N) is 2. The molecule has 31 heavy (non-hydrogen) atoms. The van der Waals surface area contributed by atoms with Gasteiger partial charge in [-0.1, -0.05) is 31.5 Å². The minimum Gasteiger partial charge on any atom is -0.493 e. The van der Waals surface area contributed by atoms with Crippen LogP contribution in [0.5, 0.6) is 11.5 Å². The van der Waals surface area contributed by atoms with E-state index >= 15 is 0 Å². The maximum atomic E-state index is 12.8. The maximum absolute atomic E-state index is 12.8. The molecule has 0 atom stereocenters. The number of carbonyl (C=O) groups excluding carboxylic acids is 1. The molecule has 0 bridgehead atoms. The van der Waals surface area contributed by atoms with Crippen molar-refractivity contribution in [3.05, 3.63) is 65.5 Å². The Balaban J connectivity index is 1.78. The molecule has 2 aromatic carbocycles. The van der Waals surface area contributed by atoms with Crippen molar-refractivity contribution in [2.75, 3.05) is 23.8 Å². The number of hydrogen-bond donors (Lipinski definition) is 2. The number of amides is 1. The molecule has 3 aromatic rings. The van der Waals surface area contributed by atoms with Crippen molar-refractivity contribution < 1.29 is 22.7 Å². The van der Waals surface area contributed by atoms with E-state index in [0.717, 1.165) is 24.2 Å². The van der Waals surface area contributed by atoms with Gasteiger partial charge in [0.15, 0.2) is 11.5 Å². The van der Waals surface area contributed by atoms with Crippen LogP contribution >= 0.6 is 11.3 Å². The van der Waals surface area contributed by atoms with Gasteiger partial charge in [0.25, 0.3) is 15.9 Å². The van der Waals surface area contributed by atoms with Crippen molar-refractivity contribution in [3.8, 4) is 11.5 Å². The fourth-order valence-electron chi connectivity index (χ4n) is 2.74. The summed E-state index contributed by atoms with van der Waals surface area (Å²) in [5.74, 6) is 0.619. The molecule has 0 saturated heterocycles. The molecular formula is C22H24N2O5S2. The molecule has 2 N–H and O–H groups in total. The van der Waals surface area contributed by atoms with Gasteiger partial charge in [-0.2, -0.15) is 0 Å². The van der Waals surface area contributed by atoms with Crippen LogP contribution in [0.1, 0.15) is 30.1 Å². The van der Waals surface area contributed by atoms with Crippen molar-refractivity contribution in [3.63, 3.8) is 0 Å². The Hall–Kier alpha value is -3.04. The quantitative estimate of drug-likeness (QED) is 0.416. The number of carbonyl (C=O) groups is 1. The van der Waals surface area contributed by atoms with Crippen LogP contribution in [-0.2, 0) is 10.0 Å². The highest BCUT2D eigenvalue weighted by Gasteiger charge is 2.18. The number of unbranched alkanes of at least 4 members (excludes halogenated alkanes) is 1. The molecule has 1 heterocycles. The Morgan fingerprint density at radius 2 is 1.81 bits per heavy atom. The molecule has 0 radical (unpaired) electrons. The van der Waals surface area contributed by atoms with Crippen molar-refractivity contribution >= 4 is 38.6 Å². The number of thiophene rings is 1. The Labute approximate surface area is 186 Å². The first-order chi connectivity index (χ1) is 14.9. The van der Waals surface area contributed by atoms with Gasteiger partial charge in [0.1, 0.15) is 4.21 Å². The first kappa shape index (κ1) is 22.6. The zero-order valence-corrected chi connectivity index (χ0v) is 18.9. The van der Waals surface area contributed by atoms with Crippen LogP contribution in [0.2, 0.25) is 0 Å². The number of anilines is 2. The number of rotatable bonds is 10. The molecule has 1 aromatic heterocycles. The summed E-state index contributed by atoms with van der Waals surface area (Å²) in [5, 5.41) is 4.44. The van der Waals surface area contributed by atoms with Crippen molar-refractivity contribution in [2.45, 2.75) is 24.0 Å². The SMILES string of the molecule is CCCCOc1ccc(C(=O)Nc2ccccc2NS(=O)(=O)c2cccs2)cc1OC. The van der Waals surface area contributed by atoms with Gasteiger partial charge in [0, 0.05) is 5.56 Å². The summed E-state index contributed by atoms with van der Waals surface area (Å²) in [6, 6.07) is 14.7. The molecule has 0 aliphatic rings. The Kier molecular flexibility index (Phi) is 7.54. The molecule has 0 aliphatic carbocycles. The number of methoxy groups -OCH3 is 1. The Morgan fingerprint density at radius 3 is 2.48 bits per heavy atom. The average Bonchev–Trinajstić information content (AvgIpc) is 3.31. The number of benzene rings is 2. The van der Waals surface area contributed by atoms with Gasteiger partial charge in [0.05, 0.1) is 25.1 Å². The molecule has 0 fully saturated rings. The lowest BCUT2D eigenvalue weighted by atomic mass is 10.1. The summed E-state index contributed by atoms with van der Waals surface area (Å²) in [6.45, 7) is 2.64. The first-order valence-corrected chi connectivity index (χ1v) is 12.1. The van der Waals surface area contributed by atoms with E-state index in [9.17, 15) is 13.2 Å². The standard InChI is InChI=1S/C22H24N2O5S2/c1-3-4-13-29-19-12-11-16(15-20(19)28-2)22(25)23-17-8-5-6-9-18(17)24-31(26,27)21-10-7-14-30-21/h5-12,14-15,24H,3-4,13H2,1-2H3,(H,23,25). The molecule has 0 saturated carbocycles. The second-order valence-electron chi connectivity index (χ2n) is 6.60. The van der Waals surface area contributed by atoms with Crippen molar-refractivity contribution in [1.82, 2.24) is 0 Å². The van der Waals surface area contributed by atoms with Crippen LogP contribution in [0.3, 0.4) is 0 Å². The largest absolute Gasteiger partial charge is 0.493 e. The van der Waals surface area contributed by atoms with E-state index in [0.29, 0.717) is 29.4 Å². The lowest BCUT2D eigenvalue weighted by Gasteiger charge is -2.14. The lowest BCUT2D eigenvalue weighted by Crippen LogP contribution is -2.16. The van der Waals surface area contributed by atoms with Crippen molar-refractivity contribution in [1.29, 1.82) is 0 Å². The minimum atomic E-state index is -3.74. The summed E-state index contributed by atoms with van der Waals surface area (Å²) >= 11 is 1.11. The summed E-state index contributed by atoms with van der Waals surface area (Å²) in [4.78, 5) is 12.8. The highest BCUT2D eigenvalue weighted by atomic mass is 32.2. The van der Waals surface area contributed by atoms with Crippen LogP contribution in [0.4, 0.5) is 11.4 Å². The topological polar surface area (TPSA) is 93.7 Å². The monoisotopic (exact) mass is 460 g/mol. The Morgan fingerprint density at radius 1 is 1.03 bits per heavy atom. The molecule has 9 heteroatoms. The smallest absolute Gasteiger partial charge is 0.271 e. The molecule has 0 unspecified atom stereocenters. The molecule has 1 amide bonds. The lowest BCUT2D eigenvalue weighted by molar-refractivity contribution is 0.102. The van der Waals surface area contributed by atoms with Crippen molar-refractivity contribution in [2.24, 2.45) is 0 Å².